The van der Waals surface area contributed by atoms with E-state index < -0.39 is 0 Å². The number of rotatable bonds is 6. The quantitative estimate of drug-likeness (QED) is 0.781. The summed E-state index contributed by atoms with van der Waals surface area (Å²) in [5.74, 6) is 2.40. The molecule has 26 heavy (non-hydrogen) atoms. The highest BCUT2D eigenvalue weighted by atomic mass is 35.5. The van der Waals surface area contributed by atoms with Gasteiger partial charge >= 0.3 is 0 Å². The van der Waals surface area contributed by atoms with E-state index in [9.17, 15) is 4.79 Å². The van der Waals surface area contributed by atoms with E-state index in [-0.39, 0.29) is 11.9 Å². The number of ether oxygens (including phenoxy) is 2. The number of hydrogen-bond acceptors (Lipinski definition) is 4. The second-order valence-corrected chi connectivity index (χ2v) is 7.54. The largest absolute Gasteiger partial charge is 0.489 e. The van der Waals surface area contributed by atoms with Crippen LogP contribution in [0.3, 0.4) is 0 Å². The summed E-state index contributed by atoms with van der Waals surface area (Å²) in [6.07, 6.45) is 0.842. The molecule has 2 aromatic carbocycles. The van der Waals surface area contributed by atoms with Gasteiger partial charge < -0.3 is 14.8 Å². The molecule has 1 aliphatic heterocycles. The molecule has 1 heterocycles. The van der Waals surface area contributed by atoms with E-state index in [1.807, 2.05) is 49.4 Å². The Labute approximate surface area is 163 Å². The molecule has 138 valence electrons. The maximum atomic E-state index is 12.2. The van der Waals surface area contributed by atoms with Gasteiger partial charge in [0.1, 0.15) is 0 Å². The van der Waals surface area contributed by atoms with Crippen LogP contribution in [0.15, 0.2) is 42.5 Å². The third-order valence-electron chi connectivity index (χ3n) is 4.04. The minimum absolute atomic E-state index is 0.00297. The molecule has 4 nitrogen and oxygen atoms in total. The molecule has 0 saturated heterocycles. The molecule has 0 fully saturated rings. The number of carbonyl (C=O) groups excluding carboxylic acids is 1. The van der Waals surface area contributed by atoms with E-state index in [2.05, 4.69) is 5.32 Å². The summed E-state index contributed by atoms with van der Waals surface area (Å²) in [6.45, 7) is 3.22. The van der Waals surface area contributed by atoms with E-state index in [0.717, 1.165) is 17.5 Å². The molecule has 0 radical (unpaired) electrons. The molecule has 3 rings (SSSR count). The van der Waals surface area contributed by atoms with Gasteiger partial charge in [-0.25, -0.2) is 0 Å². The normalized spacial score (nSPS) is 14.4. The van der Waals surface area contributed by atoms with Gasteiger partial charge in [-0.3, -0.25) is 4.79 Å². The second kappa shape index (κ2) is 9.19. The monoisotopic (exact) mass is 391 g/mol. The first-order valence-electron chi connectivity index (χ1n) is 8.63. The van der Waals surface area contributed by atoms with Crippen LogP contribution in [-0.2, 0) is 10.5 Å². The Morgan fingerprint density at radius 2 is 2.00 bits per heavy atom. The van der Waals surface area contributed by atoms with Crippen LogP contribution in [0.4, 0.5) is 0 Å². The summed E-state index contributed by atoms with van der Waals surface area (Å²) in [5.41, 5.74) is 2.12. The van der Waals surface area contributed by atoms with Crippen molar-refractivity contribution in [3.05, 3.63) is 58.6 Å². The Balaban J connectivity index is 1.51. The Kier molecular flexibility index (Phi) is 6.69. The fourth-order valence-electron chi connectivity index (χ4n) is 2.74. The second-order valence-electron chi connectivity index (χ2n) is 6.15. The average Bonchev–Trinajstić information content (AvgIpc) is 2.88. The van der Waals surface area contributed by atoms with Gasteiger partial charge in [-0.2, -0.15) is 0 Å². The first-order chi connectivity index (χ1) is 12.6. The molecule has 0 spiro atoms. The van der Waals surface area contributed by atoms with Crippen molar-refractivity contribution in [1.82, 2.24) is 5.32 Å². The smallest absolute Gasteiger partial charge is 0.230 e. The van der Waals surface area contributed by atoms with Crippen LogP contribution >= 0.6 is 23.4 Å². The molecule has 2 aromatic rings. The number of nitrogens with one attached hydrogen (secondary N) is 1. The molecular weight excluding hydrogens is 370 g/mol. The lowest BCUT2D eigenvalue weighted by Gasteiger charge is -2.14. The Morgan fingerprint density at radius 1 is 1.23 bits per heavy atom. The van der Waals surface area contributed by atoms with E-state index in [4.69, 9.17) is 21.1 Å². The standard InChI is InChI=1S/C20H22ClNO3S/c1-14(16-6-3-2-4-7-16)22-19(23)13-26-12-15-10-17(21)20-18(11-15)24-8-5-9-25-20/h2-4,6-7,10-11,14H,5,8-9,12-13H2,1H3,(H,22,23)/t14-/m1/s1. The maximum Gasteiger partial charge on any atom is 0.230 e. The van der Waals surface area contributed by atoms with Crippen molar-refractivity contribution >= 4 is 29.3 Å². The third kappa shape index (κ3) is 5.08. The van der Waals surface area contributed by atoms with Gasteiger partial charge in [-0.15, -0.1) is 11.8 Å². The van der Waals surface area contributed by atoms with Crippen LogP contribution < -0.4 is 14.8 Å². The molecule has 0 aliphatic carbocycles. The number of hydrogen-bond donors (Lipinski definition) is 1. The molecule has 0 unspecified atom stereocenters. The predicted octanol–water partition coefficient (Wildman–Crippen LogP) is 4.61. The minimum atomic E-state index is -0.00297. The van der Waals surface area contributed by atoms with E-state index in [1.165, 1.54) is 0 Å². The van der Waals surface area contributed by atoms with Crippen LogP contribution in [0.25, 0.3) is 0 Å². The van der Waals surface area contributed by atoms with Crippen LogP contribution in [0.2, 0.25) is 5.02 Å². The molecule has 0 aromatic heterocycles. The average molecular weight is 392 g/mol. The third-order valence-corrected chi connectivity index (χ3v) is 5.33. The van der Waals surface area contributed by atoms with Gasteiger partial charge in [0.2, 0.25) is 5.91 Å². The minimum Gasteiger partial charge on any atom is -0.489 e. The zero-order valence-electron chi connectivity index (χ0n) is 14.7. The van der Waals surface area contributed by atoms with Crippen molar-refractivity contribution < 1.29 is 14.3 Å². The fourth-order valence-corrected chi connectivity index (χ4v) is 3.80. The fraction of sp³-hybridized carbons (Fsp3) is 0.350. The lowest BCUT2D eigenvalue weighted by molar-refractivity contribution is -0.119. The molecule has 1 N–H and O–H groups in total. The molecule has 1 aliphatic rings. The summed E-state index contributed by atoms with van der Waals surface area (Å²) in [7, 11) is 0. The number of carbonyl (C=O) groups is 1. The number of amides is 1. The molecule has 6 heteroatoms. The van der Waals surface area contributed by atoms with Gasteiger partial charge in [0.15, 0.2) is 11.5 Å². The van der Waals surface area contributed by atoms with E-state index in [1.54, 1.807) is 11.8 Å². The molecule has 1 atom stereocenters. The maximum absolute atomic E-state index is 12.2. The van der Waals surface area contributed by atoms with Crippen molar-refractivity contribution in [3.8, 4) is 11.5 Å². The van der Waals surface area contributed by atoms with Crippen LogP contribution in [-0.4, -0.2) is 24.9 Å². The number of fused-ring (bicyclic) bond motifs is 1. The van der Waals surface area contributed by atoms with Gasteiger partial charge in [-0.05, 0) is 30.2 Å². The van der Waals surface area contributed by atoms with E-state index in [0.29, 0.717) is 41.2 Å². The zero-order valence-corrected chi connectivity index (χ0v) is 16.2. The number of halogens is 1. The van der Waals surface area contributed by atoms with Crippen molar-refractivity contribution in [2.24, 2.45) is 0 Å². The lowest BCUT2D eigenvalue weighted by atomic mass is 10.1. The molecule has 0 saturated carbocycles. The van der Waals surface area contributed by atoms with Gasteiger partial charge in [0.25, 0.3) is 0 Å². The summed E-state index contributed by atoms with van der Waals surface area (Å²) in [4.78, 5) is 12.2. The van der Waals surface area contributed by atoms with Gasteiger partial charge in [-0.1, -0.05) is 41.9 Å². The summed E-state index contributed by atoms with van der Waals surface area (Å²) in [5, 5.41) is 3.58. The van der Waals surface area contributed by atoms with Crippen molar-refractivity contribution in [3.63, 3.8) is 0 Å². The van der Waals surface area contributed by atoms with Crippen molar-refractivity contribution in [1.29, 1.82) is 0 Å². The Hall–Kier alpha value is -1.85. The summed E-state index contributed by atoms with van der Waals surface area (Å²) in [6, 6.07) is 13.8. The topological polar surface area (TPSA) is 47.6 Å². The van der Waals surface area contributed by atoms with Crippen LogP contribution in [0, 0.1) is 0 Å². The SMILES string of the molecule is C[C@@H](NC(=O)CSCc1cc(Cl)c2c(c1)OCCCO2)c1ccccc1. The Bertz CT molecular complexity index is 754. The summed E-state index contributed by atoms with van der Waals surface area (Å²) >= 11 is 7.85. The predicted molar refractivity (Wildman–Crippen MR) is 106 cm³/mol. The van der Waals surface area contributed by atoms with Crippen LogP contribution in [0.5, 0.6) is 11.5 Å². The van der Waals surface area contributed by atoms with Gasteiger partial charge in [0.05, 0.1) is 30.0 Å². The van der Waals surface area contributed by atoms with Crippen molar-refractivity contribution in [2.75, 3.05) is 19.0 Å². The lowest BCUT2D eigenvalue weighted by Crippen LogP contribution is -2.28. The van der Waals surface area contributed by atoms with Gasteiger partial charge in [0, 0.05) is 12.2 Å². The first-order valence-corrected chi connectivity index (χ1v) is 10.2. The Morgan fingerprint density at radius 3 is 2.81 bits per heavy atom. The summed E-state index contributed by atoms with van der Waals surface area (Å²) < 4.78 is 11.3. The first kappa shape index (κ1) is 18.9. The highest BCUT2D eigenvalue weighted by Gasteiger charge is 2.16. The molecule has 1 amide bonds. The van der Waals surface area contributed by atoms with Crippen LogP contribution in [0.1, 0.15) is 30.5 Å². The van der Waals surface area contributed by atoms with E-state index >= 15 is 0 Å². The number of benzene rings is 2. The highest BCUT2D eigenvalue weighted by molar-refractivity contribution is 7.99. The number of thioether (sulfide) groups is 1. The van der Waals surface area contributed by atoms with Crippen molar-refractivity contribution in [2.45, 2.75) is 25.1 Å². The highest BCUT2D eigenvalue weighted by Crippen LogP contribution is 2.38. The molecule has 0 bridgehead atoms. The zero-order chi connectivity index (χ0) is 18.4. The molecular formula is C20H22ClNO3S.